The van der Waals surface area contributed by atoms with Crippen molar-refractivity contribution >= 4 is 23.4 Å². The molecule has 0 spiro atoms. The number of pyridine rings is 1. The summed E-state index contributed by atoms with van der Waals surface area (Å²) in [6.07, 6.45) is 1.36. The molecule has 0 bridgehead atoms. The van der Waals surface area contributed by atoms with Crippen molar-refractivity contribution in [3.8, 4) is 0 Å². The highest BCUT2D eigenvalue weighted by molar-refractivity contribution is 7.99. The Balaban J connectivity index is 1.92. The summed E-state index contributed by atoms with van der Waals surface area (Å²) in [5.74, 6) is -0.806. The van der Waals surface area contributed by atoms with Crippen LogP contribution in [0.1, 0.15) is 0 Å². The van der Waals surface area contributed by atoms with E-state index in [2.05, 4.69) is 5.32 Å². The number of thioether (sulfide) groups is 1. The molecule has 1 heterocycles. The van der Waals surface area contributed by atoms with Crippen LogP contribution in [0.4, 0.5) is 10.1 Å². The van der Waals surface area contributed by atoms with E-state index in [4.69, 9.17) is 0 Å². The van der Waals surface area contributed by atoms with Gasteiger partial charge in [-0.1, -0.05) is 12.1 Å². The van der Waals surface area contributed by atoms with Gasteiger partial charge in [0.25, 0.3) is 5.03 Å². The molecule has 0 aliphatic carbocycles. The van der Waals surface area contributed by atoms with E-state index in [0.717, 1.165) is 11.8 Å². The molecular weight excluding hydrogens is 267 g/mol. The third kappa shape index (κ3) is 3.69. The van der Waals surface area contributed by atoms with Crippen LogP contribution in [0.2, 0.25) is 0 Å². The van der Waals surface area contributed by atoms with E-state index >= 15 is 0 Å². The van der Waals surface area contributed by atoms with Crippen molar-refractivity contribution in [2.45, 2.75) is 5.03 Å². The van der Waals surface area contributed by atoms with Crippen LogP contribution in [0.3, 0.4) is 0 Å². The second-order valence-electron chi connectivity index (χ2n) is 3.68. The number of aromatic nitrogens is 1. The highest BCUT2D eigenvalue weighted by Crippen LogP contribution is 2.15. The van der Waals surface area contributed by atoms with E-state index in [0.29, 0.717) is 9.76 Å². The first-order valence-corrected chi connectivity index (χ1v) is 6.51. The first-order valence-electron chi connectivity index (χ1n) is 5.52. The van der Waals surface area contributed by atoms with Gasteiger partial charge in [-0.2, -0.15) is 4.73 Å². The predicted molar refractivity (Wildman–Crippen MR) is 71.2 cm³/mol. The van der Waals surface area contributed by atoms with Gasteiger partial charge < -0.3 is 10.5 Å². The number of benzene rings is 1. The van der Waals surface area contributed by atoms with Gasteiger partial charge in [-0.15, -0.1) is 0 Å². The van der Waals surface area contributed by atoms with Crippen LogP contribution in [0.5, 0.6) is 0 Å². The standard InChI is InChI=1S/C13H11FN2O2S/c14-10-5-1-2-6-11(10)15-12(17)9-19-13-7-3-4-8-16(13)18/h1-8H,9H2,(H,15,17). The van der Waals surface area contributed by atoms with E-state index in [1.807, 2.05) is 0 Å². The van der Waals surface area contributed by atoms with Gasteiger partial charge in [0.1, 0.15) is 5.82 Å². The summed E-state index contributed by atoms with van der Waals surface area (Å²) < 4.78 is 14.0. The molecule has 1 aromatic carbocycles. The third-order valence-corrected chi connectivity index (χ3v) is 3.31. The highest BCUT2D eigenvalue weighted by atomic mass is 32.2. The maximum atomic E-state index is 13.3. The van der Waals surface area contributed by atoms with Gasteiger partial charge in [-0.3, -0.25) is 4.79 Å². The number of nitrogens with zero attached hydrogens (tertiary/aromatic N) is 1. The summed E-state index contributed by atoms with van der Waals surface area (Å²) in [6, 6.07) is 10.9. The molecule has 1 N–H and O–H groups in total. The van der Waals surface area contributed by atoms with Crippen LogP contribution in [0, 0.1) is 11.0 Å². The Hall–Kier alpha value is -2.08. The van der Waals surface area contributed by atoms with Gasteiger partial charge in [-0.25, -0.2) is 4.39 Å². The van der Waals surface area contributed by atoms with Crippen molar-refractivity contribution in [1.82, 2.24) is 0 Å². The number of amides is 1. The molecule has 6 heteroatoms. The summed E-state index contributed by atoms with van der Waals surface area (Å²) in [7, 11) is 0. The van der Waals surface area contributed by atoms with Gasteiger partial charge in [-0.05, 0) is 30.0 Å². The van der Waals surface area contributed by atoms with Crippen LogP contribution in [0.25, 0.3) is 0 Å². The number of halogens is 1. The SMILES string of the molecule is O=C(CSc1cccc[n+]1[O-])Nc1ccccc1F. The van der Waals surface area contributed by atoms with Crippen LogP contribution < -0.4 is 10.0 Å². The summed E-state index contributed by atoms with van der Waals surface area (Å²) in [5, 5.41) is 14.2. The molecule has 1 aromatic heterocycles. The maximum Gasteiger partial charge on any atom is 0.251 e. The molecule has 0 saturated carbocycles. The fourth-order valence-corrected chi connectivity index (χ4v) is 2.13. The fourth-order valence-electron chi connectivity index (χ4n) is 1.41. The number of anilines is 1. The van der Waals surface area contributed by atoms with Crippen molar-refractivity contribution in [3.05, 3.63) is 59.7 Å². The minimum absolute atomic E-state index is 0.0422. The Morgan fingerprint density at radius 2 is 2.00 bits per heavy atom. The van der Waals surface area contributed by atoms with Gasteiger partial charge in [0, 0.05) is 12.1 Å². The molecule has 0 fully saturated rings. The molecule has 4 nitrogen and oxygen atoms in total. The van der Waals surface area contributed by atoms with Crippen molar-refractivity contribution in [3.63, 3.8) is 0 Å². The lowest BCUT2D eigenvalue weighted by atomic mass is 10.3. The third-order valence-electron chi connectivity index (χ3n) is 2.29. The number of para-hydroxylation sites is 1. The van der Waals surface area contributed by atoms with E-state index in [1.165, 1.54) is 18.3 Å². The zero-order chi connectivity index (χ0) is 13.7. The lowest BCUT2D eigenvalue weighted by Gasteiger charge is -2.06. The fraction of sp³-hybridized carbons (Fsp3) is 0.0769. The zero-order valence-electron chi connectivity index (χ0n) is 9.88. The number of rotatable bonds is 4. The number of carbonyl (C=O) groups is 1. The molecular formula is C13H11FN2O2S. The van der Waals surface area contributed by atoms with Gasteiger partial charge >= 0.3 is 0 Å². The van der Waals surface area contributed by atoms with E-state index in [9.17, 15) is 14.4 Å². The number of carbonyl (C=O) groups excluding carboxylic acids is 1. The Bertz CT molecular complexity index is 592. The van der Waals surface area contributed by atoms with Crippen LogP contribution in [-0.2, 0) is 4.79 Å². The second-order valence-corrected chi connectivity index (χ2v) is 4.68. The Morgan fingerprint density at radius 1 is 1.26 bits per heavy atom. The lowest BCUT2D eigenvalue weighted by Crippen LogP contribution is -2.28. The van der Waals surface area contributed by atoms with Crippen molar-refractivity contribution in [2.24, 2.45) is 0 Å². The molecule has 0 unspecified atom stereocenters. The van der Waals surface area contributed by atoms with Gasteiger partial charge in [0.05, 0.1) is 11.4 Å². The first-order chi connectivity index (χ1) is 9.16. The monoisotopic (exact) mass is 278 g/mol. The average molecular weight is 278 g/mol. The molecule has 0 aliphatic heterocycles. The van der Waals surface area contributed by atoms with E-state index in [1.54, 1.807) is 30.3 Å². The largest absolute Gasteiger partial charge is 0.618 e. The zero-order valence-corrected chi connectivity index (χ0v) is 10.7. The number of nitrogens with one attached hydrogen (secondary N) is 1. The molecule has 0 radical (unpaired) electrons. The molecule has 2 aromatic rings. The van der Waals surface area contributed by atoms with E-state index < -0.39 is 5.82 Å². The predicted octanol–water partition coefficient (Wildman–Crippen LogP) is 2.19. The smallest absolute Gasteiger partial charge is 0.251 e. The van der Waals surface area contributed by atoms with Crippen molar-refractivity contribution in [2.75, 3.05) is 11.1 Å². The second kappa shape index (κ2) is 6.19. The molecule has 19 heavy (non-hydrogen) atoms. The van der Waals surface area contributed by atoms with E-state index in [-0.39, 0.29) is 17.3 Å². The summed E-state index contributed by atoms with van der Waals surface area (Å²) >= 11 is 1.10. The Labute approximate surface area is 113 Å². The highest BCUT2D eigenvalue weighted by Gasteiger charge is 2.10. The molecule has 0 aliphatic rings. The lowest BCUT2D eigenvalue weighted by molar-refractivity contribution is -0.645. The number of hydrogen-bond donors (Lipinski definition) is 1. The molecule has 0 saturated heterocycles. The summed E-state index contributed by atoms with van der Waals surface area (Å²) in [6.45, 7) is 0. The Kier molecular flexibility index (Phi) is 4.35. The minimum atomic E-state index is -0.487. The van der Waals surface area contributed by atoms with Gasteiger partial charge in [0.15, 0.2) is 6.20 Å². The average Bonchev–Trinajstić information content (AvgIpc) is 2.40. The first kappa shape index (κ1) is 13.4. The van der Waals surface area contributed by atoms with Crippen LogP contribution in [0.15, 0.2) is 53.7 Å². The minimum Gasteiger partial charge on any atom is -0.618 e. The molecule has 1 amide bonds. The van der Waals surface area contributed by atoms with Crippen molar-refractivity contribution in [1.29, 1.82) is 0 Å². The number of hydrogen-bond acceptors (Lipinski definition) is 3. The molecule has 98 valence electrons. The quantitative estimate of drug-likeness (QED) is 0.530. The topological polar surface area (TPSA) is 56.0 Å². The van der Waals surface area contributed by atoms with Crippen LogP contribution >= 0.6 is 11.8 Å². The summed E-state index contributed by atoms with van der Waals surface area (Å²) in [4.78, 5) is 11.6. The maximum absolute atomic E-state index is 13.3. The normalized spacial score (nSPS) is 10.2. The van der Waals surface area contributed by atoms with Crippen LogP contribution in [-0.4, -0.2) is 11.7 Å². The summed E-state index contributed by atoms with van der Waals surface area (Å²) in [5.41, 5.74) is 0.135. The van der Waals surface area contributed by atoms with Crippen molar-refractivity contribution < 1.29 is 13.9 Å². The molecule has 0 atom stereocenters. The van der Waals surface area contributed by atoms with Gasteiger partial charge in [0.2, 0.25) is 5.91 Å². The Morgan fingerprint density at radius 3 is 2.74 bits per heavy atom. The molecule has 2 rings (SSSR count).